The topological polar surface area (TPSA) is 35.0 Å². The molecule has 100 valence electrons. The lowest BCUT2D eigenvalue weighted by atomic mass is 10.0. The van der Waals surface area contributed by atoms with Crippen molar-refractivity contribution < 1.29 is 4.74 Å². The Morgan fingerprint density at radius 3 is 2.55 bits per heavy atom. The van der Waals surface area contributed by atoms with E-state index in [9.17, 15) is 0 Å². The summed E-state index contributed by atoms with van der Waals surface area (Å²) in [6.07, 6.45) is 1.55. The lowest BCUT2D eigenvalue weighted by Gasteiger charge is -2.13. The van der Waals surface area contributed by atoms with Crippen LogP contribution < -0.4 is 4.74 Å². The summed E-state index contributed by atoms with van der Waals surface area (Å²) in [6, 6.07) is 18.2. The Morgan fingerprint density at radius 1 is 0.950 bits per heavy atom. The smallest absolute Gasteiger partial charge is 0.224 e. The van der Waals surface area contributed by atoms with E-state index in [1.54, 1.807) is 6.33 Å². The first-order valence-electron chi connectivity index (χ1n) is 6.72. The van der Waals surface area contributed by atoms with Crippen LogP contribution in [0.2, 0.25) is 0 Å². The Kier molecular flexibility index (Phi) is 3.59. The Hall–Kier alpha value is -2.42. The predicted molar refractivity (Wildman–Crippen MR) is 79.9 cm³/mol. The first-order valence-corrected chi connectivity index (χ1v) is 6.72. The van der Waals surface area contributed by atoms with Crippen LogP contribution in [0.25, 0.3) is 10.9 Å². The number of aromatic nitrogens is 2. The van der Waals surface area contributed by atoms with Gasteiger partial charge in [-0.1, -0.05) is 49.4 Å². The summed E-state index contributed by atoms with van der Waals surface area (Å²) >= 11 is 0. The molecule has 3 heteroatoms. The molecule has 1 unspecified atom stereocenters. The quantitative estimate of drug-likeness (QED) is 0.718. The van der Waals surface area contributed by atoms with E-state index in [0.717, 1.165) is 10.9 Å². The maximum absolute atomic E-state index is 5.88. The molecule has 0 aliphatic heterocycles. The second-order valence-corrected chi connectivity index (χ2v) is 4.82. The van der Waals surface area contributed by atoms with Crippen LogP contribution in [0.15, 0.2) is 60.9 Å². The second-order valence-electron chi connectivity index (χ2n) is 4.82. The molecule has 20 heavy (non-hydrogen) atoms. The lowest BCUT2D eigenvalue weighted by molar-refractivity contribution is 0.288. The second kappa shape index (κ2) is 5.70. The van der Waals surface area contributed by atoms with Crippen LogP contribution in [0.5, 0.6) is 5.88 Å². The number of hydrogen-bond acceptors (Lipinski definition) is 3. The van der Waals surface area contributed by atoms with Crippen LogP contribution in [0.3, 0.4) is 0 Å². The number of rotatable bonds is 4. The Bertz CT molecular complexity index is 692. The van der Waals surface area contributed by atoms with Crippen molar-refractivity contribution in [2.75, 3.05) is 6.61 Å². The molecule has 1 atom stereocenters. The molecule has 2 aromatic carbocycles. The molecule has 0 fully saturated rings. The van der Waals surface area contributed by atoms with E-state index < -0.39 is 0 Å². The average molecular weight is 264 g/mol. The van der Waals surface area contributed by atoms with Crippen LogP contribution in [-0.4, -0.2) is 16.6 Å². The van der Waals surface area contributed by atoms with Crippen molar-refractivity contribution in [1.29, 1.82) is 0 Å². The normalized spacial score (nSPS) is 12.2. The van der Waals surface area contributed by atoms with Gasteiger partial charge in [-0.3, -0.25) is 0 Å². The average Bonchev–Trinajstić information content (AvgIpc) is 2.53. The van der Waals surface area contributed by atoms with E-state index in [-0.39, 0.29) is 0 Å². The number of nitrogens with zero attached hydrogens (tertiary/aromatic N) is 2. The number of ether oxygens (including phenoxy) is 1. The number of fused-ring (bicyclic) bond motifs is 1. The van der Waals surface area contributed by atoms with Gasteiger partial charge in [0.1, 0.15) is 6.33 Å². The molecule has 0 spiro atoms. The zero-order valence-electron chi connectivity index (χ0n) is 11.4. The van der Waals surface area contributed by atoms with Crippen molar-refractivity contribution in [2.24, 2.45) is 0 Å². The van der Waals surface area contributed by atoms with E-state index in [1.165, 1.54) is 5.56 Å². The standard InChI is InChI=1S/C17H16N2O/c1-13(14-7-3-2-4-8-14)11-20-17-15-9-5-6-10-16(15)18-12-19-17/h2-10,12-13H,11H2,1H3. The summed E-state index contributed by atoms with van der Waals surface area (Å²) in [5.41, 5.74) is 2.18. The third-order valence-corrected chi connectivity index (χ3v) is 3.34. The minimum atomic E-state index is 0.324. The molecule has 1 heterocycles. The maximum Gasteiger partial charge on any atom is 0.224 e. The molecule has 0 bridgehead atoms. The molecular weight excluding hydrogens is 248 g/mol. The van der Waals surface area contributed by atoms with Gasteiger partial charge in [0.2, 0.25) is 5.88 Å². The van der Waals surface area contributed by atoms with Gasteiger partial charge in [0.15, 0.2) is 0 Å². The van der Waals surface area contributed by atoms with Gasteiger partial charge >= 0.3 is 0 Å². The van der Waals surface area contributed by atoms with Gasteiger partial charge in [-0.05, 0) is 17.7 Å². The molecule has 0 amide bonds. The van der Waals surface area contributed by atoms with E-state index >= 15 is 0 Å². The lowest BCUT2D eigenvalue weighted by Crippen LogP contribution is -2.08. The molecule has 0 saturated carbocycles. The van der Waals surface area contributed by atoms with Crippen molar-refractivity contribution >= 4 is 10.9 Å². The van der Waals surface area contributed by atoms with Gasteiger partial charge < -0.3 is 4.74 Å². The molecule has 3 rings (SSSR count). The van der Waals surface area contributed by atoms with Crippen molar-refractivity contribution in [3.63, 3.8) is 0 Å². The third kappa shape index (κ3) is 2.62. The van der Waals surface area contributed by atoms with Gasteiger partial charge in [0.25, 0.3) is 0 Å². The molecular formula is C17H16N2O. The van der Waals surface area contributed by atoms with Crippen LogP contribution in [0.1, 0.15) is 18.4 Å². The van der Waals surface area contributed by atoms with E-state index in [2.05, 4.69) is 29.0 Å². The number of para-hydroxylation sites is 1. The van der Waals surface area contributed by atoms with E-state index in [1.807, 2.05) is 42.5 Å². The fraction of sp³-hybridized carbons (Fsp3) is 0.176. The molecule has 0 saturated heterocycles. The summed E-state index contributed by atoms with van der Waals surface area (Å²) in [7, 11) is 0. The summed E-state index contributed by atoms with van der Waals surface area (Å²) in [5.74, 6) is 0.975. The van der Waals surface area contributed by atoms with Gasteiger partial charge in [-0.15, -0.1) is 0 Å². The zero-order chi connectivity index (χ0) is 13.8. The van der Waals surface area contributed by atoms with Crippen molar-refractivity contribution in [2.45, 2.75) is 12.8 Å². The molecule has 0 N–H and O–H groups in total. The Balaban J connectivity index is 1.77. The fourth-order valence-electron chi connectivity index (χ4n) is 2.18. The van der Waals surface area contributed by atoms with Crippen molar-refractivity contribution in [1.82, 2.24) is 9.97 Å². The van der Waals surface area contributed by atoms with Gasteiger partial charge in [0.05, 0.1) is 17.5 Å². The van der Waals surface area contributed by atoms with Crippen LogP contribution in [0, 0.1) is 0 Å². The molecule has 1 aromatic heterocycles. The highest BCUT2D eigenvalue weighted by Gasteiger charge is 2.08. The molecule has 0 aliphatic rings. The number of benzene rings is 2. The first-order chi connectivity index (χ1) is 9.84. The van der Waals surface area contributed by atoms with Crippen molar-refractivity contribution in [3.05, 3.63) is 66.5 Å². The number of hydrogen-bond donors (Lipinski definition) is 0. The fourth-order valence-corrected chi connectivity index (χ4v) is 2.18. The Labute approximate surface area is 118 Å². The maximum atomic E-state index is 5.88. The van der Waals surface area contributed by atoms with Gasteiger partial charge in [-0.2, -0.15) is 0 Å². The molecule has 3 aromatic rings. The summed E-state index contributed by atoms with van der Waals surface area (Å²) in [4.78, 5) is 8.48. The largest absolute Gasteiger partial charge is 0.477 e. The van der Waals surface area contributed by atoms with E-state index in [0.29, 0.717) is 18.4 Å². The van der Waals surface area contributed by atoms with Crippen LogP contribution in [-0.2, 0) is 0 Å². The third-order valence-electron chi connectivity index (χ3n) is 3.34. The minimum absolute atomic E-state index is 0.324. The van der Waals surface area contributed by atoms with E-state index in [4.69, 9.17) is 4.74 Å². The van der Waals surface area contributed by atoms with Crippen LogP contribution in [0.4, 0.5) is 0 Å². The molecule has 3 nitrogen and oxygen atoms in total. The summed E-state index contributed by atoms with van der Waals surface area (Å²) in [5, 5.41) is 0.954. The first kappa shape index (κ1) is 12.6. The summed E-state index contributed by atoms with van der Waals surface area (Å²) < 4.78 is 5.88. The SMILES string of the molecule is CC(COc1ncnc2ccccc12)c1ccccc1. The van der Waals surface area contributed by atoms with Gasteiger partial charge in [-0.25, -0.2) is 9.97 Å². The minimum Gasteiger partial charge on any atom is -0.477 e. The zero-order valence-corrected chi connectivity index (χ0v) is 11.4. The van der Waals surface area contributed by atoms with Crippen LogP contribution >= 0.6 is 0 Å². The highest BCUT2D eigenvalue weighted by atomic mass is 16.5. The monoisotopic (exact) mass is 264 g/mol. The highest BCUT2D eigenvalue weighted by Crippen LogP contribution is 2.22. The highest BCUT2D eigenvalue weighted by molar-refractivity contribution is 5.82. The summed E-state index contributed by atoms with van der Waals surface area (Å²) in [6.45, 7) is 2.75. The van der Waals surface area contributed by atoms with Gasteiger partial charge in [0, 0.05) is 5.92 Å². The Morgan fingerprint density at radius 2 is 1.70 bits per heavy atom. The molecule has 0 aliphatic carbocycles. The predicted octanol–water partition coefficient (Wildman–Crippen LogP) is 3.81. The van der Waals surface area contributed by atoms with Crippen molar-refractivity contribution in [3.8, 4) is 5.88 Å². The molecule has 0 radical (unpaired) electrons.